The first-order valence-electron chi connectivity index (χ1n) is 25.0. The Balaban J connectivity index is 0.000000152. The fraction of sp³-hybridized carbons (Fsp3) is 0.600. The van der Waals surface area contributed by atoms with E-state index in [0.717, 1.165) is 68.6 Å². The van der Waals surface area contributed by atoms with Gasteiger partial charge in [0.25, 0.3) is 0 Å². The lowest BCUT2D eigenvalue weighted by molar-refractivity contribution is 0.0395. The molecule has 12 heteroatoms. The van der Waals surface area contributed by atoms with Crippen molar-refractivity contribution in [2.75, 3.05) is 39.3 Å². The highest BCUT2D eigenvalue weighted by atomic mass is 16.6. The maximum Gasteiger partial charge on any atom is 0.410 e. The molecular formula is C55H76N4O8. The number of fused-ring (bicyclic) bond motifs is 3. The molecule has 3 heterocycles. The van der Waals surface area contributed by atoms with Crippen molar-refractivity contribution in [3.63, 3.8) is 0 Å². The van der Waals surface area contributed by atoms with Crippen LogP contribution < -0.4 is 5.32 Å². The van der Waals surface area contributed by atoms with Crippen molar-refractivity contribution in [2.24, 2.45) is 28.6 Å². The largest absolute Gasteiger partial charge is 0.445 e. The van der Waals surface area contributed by atoms with E-state index in [1.54, 1.807) is 4.90 Å². The summed E-state index contributed by atoms with van der Waals surface area (Å²) in [4.78, 5) is 54.9. The molecular weight excluding hydrogens is 845 g/mol. The topological polar surface area (TPSA) is 127 Å². The van der Waals surface area contributed by atoms with E-state index in [9.17, 15) is 19.2 Å². The molecule has 3 aliphatic heterocycles. The third-order valence-corrected chi connectivity index (χ3v) is 15.3. The number of carbonyl (C=O) groups is 4. The summed E-state index contributed by atoms with van der Waals surface area (Å²) in [7, 11) is 0. The van der Waals surface area contributed by atoms with Crippen LogP contribution >= 0.6 is 0 Å². The van der Waals surface area contributed by atoms with E-state index in [4.69, 9.17) is 18.9 Å². The molecule has 3 aromatic rings. The molecule has 6 atom stereocenters. The third kappa shape index (κ3) is 13.5. The van der Waals surface area contributed by atoms with E-state index in [1.165, 1.54) is 51.4 Å². The zero-order valence-corrected chi connectivity index (χ0v) is 40.8. The minimum atomic E-state index is -0.544. The van der Waals surface area contributed by atoms with Gasteiger partial charge in [-0.25, -0.2) is 19.2 Å². The van der Waals surface area contributed by atoms with Crippen LogP contribution in [0, 0.1) is 28.6 Å². The molecule has 3 saturated carbocycles. The normalized spacial score (nSPS) is 27.4. The van der Waals surface area contributed by atoms with Gasteiger partial charge in [0, 0.05) is 45.2 Å². The van der Waals surface area contributed by atoms with Crippen LogP contribution in [0.2, 0.25) is 0 Å². The number of hydrogen-bond donors (Lipinski definition) is 1. The molecule has 0 spiro atoms. The van der Waals surface area contributed by atoms with E-state index in [2.05, 4.69) is 19.2 Å². The second kappa shape index (κ2) is 22.2. The first-order valence-corrected chi connectivity index (χ1v) is 25.0. The van der Waals surface area contributed by atoms with Gasteiger partial charge in [0.05, 0.1) is 5.54 Å². The van der Waals surface area contributed by atoms with Gasteiger partial charge in [-0.3, -0.25) is 0 Å². The molecule has 6 unspecified atom stereocenters. The standard InChI is InChI=1S/C21H30N2O4.2C17H23NO2/c1-20(2,3)27-18(24)22-21-12-8-7-11-17(21)13-23(15-21)19(25)26-14-16-9-5-4-6-10-16;2*1-17-10-6-5-9-15(17)11-18(13-17)16(19)20-12-14-7-3-2-4-8-14/h4-6,9-10,17H,7-8,11-15H2,1-3H3,(H,22,24);2*2-4,7-8,15H,5-6,9-13H2,1H3. The smallest absolute Gasteiger partial charge is 0.410 e. The van der Waals surface area contributed by atoms with Gasteiger partial charge in [-0.1, -0.05) is 143 Å². The number of alkyl carbamates (subject to hydrolysis) is 1. The molecule has 3 saturated heterocycles. The summed E-state index contributed by atoms with van der Waals surface area (Å²) < 4.78 is 21.9. The second-order valence-corrected chi connectivity index (χ2v) is 21.7. The van der Waals surface area contributed by atoms with Gasteiger partial charge in [-0.05, 0) is 98.7 Å². The molecule has 3 aromatic carbocycles. The van der Waals surface area contributed by atoms with Gasteiger partial charge in [0.1, 0.15) is 25.4 Å². The number of benzene rings is 3. The monoisotopic (exact) mass is 921 g/mol. The number of amides is 4. The van der Waals surface area contributed by atoms with Crippen molar-refractivity contribution in [3.8, 4) is 0 Å². The Hall–Kier alpha value is -5.26. The Kier molecular flexibility index (Phi) is 16.5. The Morgan fingerprint density at radius 1 is 0.522 bits per heavy atom. The Labute approximate surface area is 399 Å². The summed E-state index contributed by atoms with van der Waals surface area (Å²) in [5.41, 5.74) is 2.74. The summed E-state index contributed by atoms with van der Waals surface area (Å²) >= 11 is 0. The van der Waals surface area contributed by atoms with Gasteiger partial charge < -0.3 is 39.0 Å². The number of carbonyl (C=O) groups excluding carboxylic acids is 4. The minimum absolute atomic E-state index is 0.149. The van der Waals surface area contributed by atoms with E-state index >= 15 is 0 Å². The molecule has 1 N–H and O–H groups in total. The lowest BCUT2D eigenvalue weighted by atomic mass is 9.70. The summed E-state index contributed by atoms with van der Waals surface area (Å²) in [5, 5.41) is 3.10. The van der Waals surface area contributed by atoms with Crippen LogP contribution in [0.3, 0.4) is 0 Å². The predicted molar refractivity (Wildman–Crippen MR) is 259 cm³/mol. The molecule has 12 nitrogen and oxygen atoms in total. The molecule has 67 heavy (non-hydrogen) atoms. The van der Waals surface area contributed by atoms with Crippen LogP contribution in [0.5, 0.6) is 0 Å². The SMILES string of the molecule is CC(C)(C)OC(=O)NC12CCCCC1CN(C(=O)OCc1ccccc1)C2.CC12CCCCC1CN(C(=O)OCc1ccccc1)C2.CC12CCCCC1CN(C(=O)OCc1ccccc1)C2. The van der Waals surface area contributed by atoms with E-state index in [-0.39, 0.29) is 30.8 Å². The molecule has 364 valence electrons. The minimum Gasteiger partial charge on any atom is -0.445 e. The summed E-state index contributed by atoms with van der Waals surface area (Å²) in [6.07, 6.45) is 13.3. The predicted octanol–water partition coefficient (Wildman–Crippen LogP) is 11.8. The second-order valence-electron chi connectivity index (χ2n) is 21.7. The molecule has 9 rings (SSSR count). The first-order chi connectivity index (χ1) is 32.1. The lowest BCUT2D eigenvalue weighted by Gasteiger charge is -2.39. The van der Waals surface area contributed by atoms with Gasteiger partial charge in [-0.2, -0.15) is 0 Å². The highest BCUT2D eigenvalue weighted by molar-refractivity contribution is 5.71. The van der Waals surface area contributed by atoms with Gasteiger partial charge in [-0.15, -0.1) is 0 Å². The van der Waals surface area contributed by atoms with Crippen LogP contribution in [0.1, 0.15) is 128 Å². The fourth-order valence-electron chi connectivity index (χ4n) is 11.5. The first kappa shape index (κ1) is 49.6. The Morgan fingerprint density at radius 3 is 1.27 bits per heavy atom. The highest BCUT2D eigenvalue weighted by Gasteiger charge is 2.51. The number of ether oxygens (including phenoxy) is 4. The van der Waals surface area contributed by atoms with Gasteiger partial charge in [0.2, 0.25) is 0 Å². The highest BCUT2D eigenvalue weighted by Crippen LogP contribution is 2.47. The van der Waals surface area contributed by atoms with Crippen molar-refractivity contribution in [3.05, 3.63) is 108 Å². The van der Waals surface area contributed by atoms with Crippen molar-refractivity contribution < 1.29 is 38.1 Å². The number of nitrogens with one attached hydrogen (secondary N) is 1. The average Bonchev–Trinajstić information content (AvgIpc) is 4.01. The summed E-state index contributed by atoms with van der Waals surface area (Å²) in [6, 6.07) is 29.4. The van der Waals surface area contributed by atoms with E-state index in [1.807, 2.05) is 122 Å². The van der Waals surface area contributed by atoms with Crippen molar-refractivity contribution in [1.29, 1.82) is 0 Å². The number of nitrogens with zero attached hydrogens (tertiary/aromatic N) is 3. The molecule has 0 radical (unpaired) electrons. The molecule has 4 amide bonds. The quantitative estimate of drug-likeness (QED) is 0.232. The average molecular weight is 921 g/mol. The van der Waals surface area contributed by atoms with Crippen LogP contribution in [0.4, 0.5) is 19.2 Å². The number of likely N-dealkylation sites (tertiary alicyclic amines) is 3. The molecule has 0 bridgehead atoms. The molecule has 0 aromatic heterocycles. The Bertz CT molecular complexity index is 1990. The van der Waals surface area contributed by atoms with Crippen molar-refractivity contribution >= 4 is 24.4 Å². The van der Waals surface area contributed by atoms with Crippen molar-refractivity contribution in [1.82, 2.24) is 20.0 Å². The van der Waals surface area contributed by atoms with E-state index in [0.29, 0.717) is 49.0 Å². The number of hydrogen-bond acceptors (Lipinski definition) is 8. The zero-order valence-electron chi connectivity index (χ0n) is 40.8. The third-order valence-electron chi connectivity index (χ3n) is 15.3. The zero-order chi connectivity index (χ0) is 47.5. The Morgan fingerprint density at radius 2 is 0.881 bits per heavy atom. The van der Waals surface area contributed by atoms with Crippen LogP contribution in [0.25, 0.3) is 0 Å². The maximum atomic E-state index is 12.6. The summed E-state index contributed by atoms with van der Waals surface area (Å²) in [6.45, 7) is 15.8. The van der Waals surface area contributed by atoms with Gasteiger partial charge in [0.15, 0.2) is 0 Å². The molecule has 3 aliphatic carbocycles. The van der Waals surface area contributed by atoms with E-state index < -0.39 is 17.2 Å². The molecule has 6 fully saturated rings. The van der Waals surface area contributed by atoms with Crippen LogP contribution in [-0.2, 0) is 38.8 Å². The van der Waals surface area contributed by atoms with Gasteiger partial charge >= 0.3 is 24.4 Å². The lowest BCUT2D eigenvalue weighted by Crippen LogP contribution is -2.56. The fourth-order valence-corrected chi connectivity index (χ4v) is 11.5. The maximum absolute atomic E-state index is 12.6. The number of rotatable bonds is 7. The van der Waals surface area contributed by atoms with Crippen LogP contribution in [-0.4, -0.2) is 89.5 Å². The van der Waals surface area contributed by atoms with Crippen LogP contribution in [0.15, 0.2) is 91.0 Å². The van der Waals surface area contributed by atoms with Crippen molar-refractivity contribution in [2.45, 2.75) is 143 Å². The summed E-state index contributed by atoms with van der Waals surface area (Å²) in [5.74, 6) is 1.57. The molecule has 6 aliphatic rings.